The van der Waals surface area contributed by atoms with Crippen molar-refractivity contribution in [1.29, 1.82) is 0 Å². The number of nitrogens with one attached hydrogen (secondary N) is 2. The molecular weight excluding hydrogens is 240 g/mol. The molecule has 1 aromatic rings. The van der Waals surface area contributed by atoms with Crippen LogP contribution in [-0.4, -0.2) is 23.3 Å². The predicted molar refractivity (Wildman–Crippen MR) is 73.8 cm³/mol. The number of aromatic nitrogens is 2. The van der Waals surface area contributed by atoms with Crippen LogP contribution in [0.25, 0.3) is 0 Å². The van der Waals surface area contributed by atoms with Gasteiger partial charge in [0.05, 0.1) is 6.04 Å². The van der Waals surface area contributed by atoms with E-state index in [1.54, 1.807) is 0 Å². The lowest BCUT2D eigenvalue weighted by atomic mass is 9.89. The monoisotopic (exact) mass is 264 g/mol. The van der Waals surface area contributed by atoms with Gasteiger partial charge in [-0.05, 0) is 50.5 Å². The van der Waals surface area contributed by atoms with Gasteiger partial charge in [0.15, 0.2) is 0 Å². The van der Waals surface area contributed by atoms with E-state index in [-0.39, 0.29) is 6.04 Å². The number of hydrogen-bond acceptors (Lipinski definition) is 5. The molecule has 0 aliphatic heterocycles. The van der Waals surface area contributed by atoms with Crippen molar-refractivity contribution < 1.29 is 4.42 Å². The average molecular weight is 264 g/mol. The highest BCUT2D eigenvalue weighted by Gasteiger charge is 2.39. The Hall–Kier alpha value is -1.10. The molecular formula is C14H24N4O. The van der Waals surface area contributed by atoms with Crippen LogP contribution in [0.1, 0.15) is 51.5 Å². The third kappa shape index (κ3) is 2.76. The van der Waals surface area contributed by atoms with E-state index in [0.717, 1.165) is 30.8 Å². The van der Waals surface area contributed by atoms with Gasteiger partial charge in [0.1, 0.15) is 0 Å². The molecule has 0 spiro atoms. The Labute approximate surface area is 114 Å². The zero-order valence-electron chi connectivity index (χ0n) is 11.9. The molecule has 0 aromatic carbocycles. The van der Waals surface area contributed by atoms with Gasteiger partial charge >= 0.3 is 6.01 Å². The van der Waals surface area contributed by atoms with Crippen molar-refractivity contribution in [2.75, 3.05) is 18.4 Å². The van der Waals surface area contributed by atoms with Gasteiger partial charge in [-0.3, -0.25) is 0 Å². The number of hydrogen-bond donors (Lipinski definition) is 2. The molecule has 0 amide bonds. The Balaban J connectivity index is 1.50. The SMILES string of the molecule is CCNC(C)c1nnc(NCC2CC3CCC2C3)o1. The van der Waals surface area contributed by atoms with Crippen molar-refractivity contribution in [2.24, 2.45) is 17.8 Å². The Kier molecular flexibility index (Phi) is 3.73. The molecule has 5 nitrogen and oxygen atoms in total. The zero-order chi connectivity index (χ0) is 13.2. The molecule has 0 radical (unpaired) electrons. The second-order valence-corrected chi connectivity index (χ2v) is 6.04. The van der Waals surface area contributed by atoms with Crippen LogP contribution in [0.2, 0.25) is 0 Å². The van der Waals surface area contributed by atoms with Gasteiger partial charge in [-0.1, -0.05) is 18.4 Å². The summed E-state index contributed by atoms with van der Waals surface area (Å²) in [5.74, 6) is 3.39. The number of anilines is 1. The summed E-state index contributed by atoms with van der Waals surface area (Å²) in [6.45, 7) is 5.99. The van der Waals surface area contributed by atoms with Gasteiger partial charge in [0.25, 0.3) is 0 Å². The molecule has 2 N–H and O–H groups in total. The molecule has 3 rings (SSSR count). The topological polar surface area (TPSA) is 63.0 Å². The van der Waals surface area contributed by atoms with E-state index in [2.05, 4.69) is 27.8 Å². The summed E-state index contributed by atoms with van der Waals surface area (Å²) in [4.78, 5) is 0. The molecule has 1 aromatic heterocycles. The van der Waals surface area contributed by atoms with Crippen LogP contribution in [0.4, 0.5) is 6.01 Å². The van der Waals surface area contributed by atoms with Gasteiger partial charge in [-0.15, -0.1) is 5.10 Å². The summed E-state index contributed by atoms with van der Waals surface area (Å²) < 4.78 is 5.64. The third-order valence-electron chi connectivity index (χ3n) is 4.72. The summed E-state index contributed by atoms with van der Waals surface area (Å²) in [5.41, 5.74) is 0. The molecule has 4 unspecified atom stereocenters. The van der Waals surface area contributed by atoms with Crippen LogP contribution in [-0.2, 0) is 0 Å². The standard InChI is InChI=1S/C14H24N4O/c1-3-15-9(2)13-17-18-14(19-13)16-8-12-7-10-4-5-11(12)6-10/h9-12,15H,3-8H2,1-2H3,(H,16,18). The normalized spacial score (nSPS) is 30.7. The van der Waals surface area contributed by atoms with Crippen molar-refractivity contribution in [2.45, 2.75) is 45.6 Å². The number of rotatable bonds is 6. The van der Waals surface area contributed by atoms with E-state index >= 15 is 0 Å². The lowest BCUT2D eigenvalue weighted by Crippen LogP contribution is -2.20. The largest absolute Gasteiger partial charge is 0.406 e. The molecule has 106 valence electrons. The highest BCUT2D eigenvalue weighted by atomic mass is 16.4. The first kappa shape index (κ1) is 12.9. The fraction of sp³-hybridized carbons (Fsp3) is 0.857. The molecule has 2 fully saturated rings. The highest BCUT2D eigenvalue weighted by Crippen LogP contribution is 2.48. The van der Waals surface area contributed by atoms with Crippen molar-refractivity contribution in [1.82, 2.24) is 15.5 Å². The average Bonchev–Trinajstić information content (AvgIpc) is 3.12. The van der Waals surface area contributed by atoms with Gasteiger partial charge in [-0.25, -0.2) is 0 Å². The van der Waals surface area contributed by atoms with Crippen molar-refractivity contribution in [3.8, 4) is 0 Å². The molecule has 19 heavy (non-hydrogen) atoms. The molecule has 2 saturated carbocycles. The van der Waals surface area contributed by atoms with Gasteiger partial charge in [0.2, 0.25) is 5.89 Å². The first-order valence-corrected chi connectivity index (χ1v) is 7.57. The van der Waals surface area contributed by atoms with Crippen LogP contribution in [0.3, 0.4) is 0 Å². The van der Waals surface area contributed by atoms with Gasteiger partial charge in [0, 0.05) is 6.54 Å². The lowest BCUT2D eigenvalue weighted by Gasteiger charge is -2.21. The molecule has 4 atom stereocenters. The highest BCUT2D eigenvalue weighted by molar-refractivity contribution is 5.18. The molecule has 2 bridgehead atoms. The first-order valence-electron chi connectivity index (χ1n) is 7.57. The quantitative estimate of drug-likeness (QED) is 0.827. The zero-order valence-corrected chi connectivity index (χ0v) is 11.9. The maximum absolute atomic E-state index is 5.64. The lowest BCUT2D eigenvalue weighted by molar-refractivity contribution is 0.344. The molecule has 1 heterocycles. The van der Waals surface area contributed by atoms with Crippen LogP contribution >= 0.6 is 0 Å². The minimum absolute atomic E-state index is 0.121. The van der Waals surface area contributed by atoms with Gasteiger partial charge < -0.3 is 15.1 Å². The second kappa shape index (κ2) is 5.49. The maximum Gasteiger partial charge on any atom is 0.315 e. The Morgan fingerprint density at radius 2 is 2.21 bits per heavy atom. The summed E-state index contributed by atoms with van der Waals surface area (Å²) >= 11 is 0. The molecule has 2 aliphatic carbocycles. The van der Waals surface area contributed by atoms with Gasteiger partial charge in [-0.2, -0.15) is 0 Å². The van der Waals surface area contributed by atoms with Crippen LogP contribution in [0, 0.1) is 17.8 Å². The summed E-state index contributed by atoms with van der Waals surface area (Å²) in [7, 11) is 0. The number of nitrogens with zero attached hydrogens (tertiary/aromatic N) is 2. The first-order chi connectivity index (χ1) is 9.26. The van der Waals surface area contributed by atoms with E-state index in [0.29, 0.717) is 11.9 Å². The van der Waals surface area contributed by atoms with Crippen LogP contribution in [0.15, 0.2) is 4.42 Å². The maximum atomic E-state index is 5.64. The van der Waals surface area contributed by atoms with Crippen LogP contribution < -0.4 is 10.6 Å². The van der Waals surface area contributed by atoms with E-state index < -0.39 is 0 Å². The predicted octanol–water partition coefficient (Wildman–Crippen LogP) is 2.59. The fourth-order valence-electron chi connectivity index (χ4n) is 3.72. The van der Waals surface area contributed by atoms with Crippen molar-refractivity contribution in [3.63, 3.8) is 0 Å². The molecule has 5 heteroatoms. The number of fused-ring (bicyclic) bond motifs is 2. The summed E-state index contributed by atoms with van der Waals surface area (Å²) in [6, 6.07) is 0.693. The molecule has 2 aliphatic rings. The third-order valence-corrected chi connectivity index (χ3v) is 4.72. The fourth-order valence-corrected chi connectivity index (χ4v) is 3.72. The second-order valence-electron chi connectivity index (χ2n) is 6.04. The van der Waals surface area contributed by atoms with Crippen molar-refractivity contribution >= 4 is 6.01 Å². The van der Waals surface area contributed by atoms with Crippen molar-refractivity contribution in [3.05, 3.63) is 5.89 Å². The minimum atomic E-state index is 0.121. The van der Waals surface area contributed by atoms with E-state index in [9.17, 15) is 0 Å². The Morgan fingerprint density at radius 3 is 2.89 bits per heavy atom. The smallest absolute Gasteiger partial charge is 0.315 e. The Bertz CT molecular complexity index is 419. The summed E-state index contributed by atoms with van der Waals surface area (Å²) in [5, 5.41) is 14.8. The van der Waals surface area contributed by atoms with Crippen LogP contribution in [0.5, 0.6) is 0 Å². The Morgan fingerprint density at radius 1 is 1.32 bits per heavy atom. The summed E-state index contributed by atoms with van der Waals surface area (Å²) in [6.07, 6.45) is 5.70. The van der Waals surface area contributed by atoms with E-state index in [1.165, 1.54) is 25.7 Å². The molecule has 0 saturated heterocycles. The van der Waals surface area contributed by atoms with E-state index in [1.807, 2.05) is 6.92 Å². The van der Waals surface area contributed by atoms with E-state index in [4.69, 9.17) is 4.42 Å². The minimum Gasteiger partial charge on any atom is -0.406 e.